The lowest BCUT2D eigenvalue weighted by atomic mass is 9.96. The van der Waals surface area contributed by atoms with Crippen molar-refractivity contribution in [1.82, 2.24) is 9.97 Å². The standard InChI is InChI=1S/C22H22FN5O4/c1-11-14(7-27-20-19(11)25-3-4-32-20)13-5-12-6-16(26-8-15(12)18(24)17(13)23)28(21(29)30)22(2)9-31-10-22/h5-8,25H,3-4,9-10,24H2,1-2H3,(H,29,30). The minimum Gasteiger partial charge on any atom is -0.474 e. The molecule has 1 fully saturated rings. The van der Waals surface area contributed by atoms with Crippen molar-refractivity contribution in [3.05, 3.63) is 35.9 Å². The highest BCUT2D eigenvalue weighted by atomic mass is 19.1. The van der Waals surface area contributed by atoms with Crippen LogP contribution in [0.1, 0.15) is 12.5 Å². The zero-order valence-corrected chi connectivity index (χ0v) is 17.6. The molecule has 1 aromatic carbocycles. The average Bonchev–Trinajstić information content (AvgIpc) is 2.75. The monoisotopic (exact) mass is 439 g/mol. The summed E-state index contributed by atoms with van der Waals surface area (Å²) < 4.78 is 26.1. The van der Waals surface area contributed by atoms with Gasteiger partial charge in [0.15, 0.2) is 5.82 Å². The number of pyridine rings is 2. The Morgan fingerprint density at radius 1 is 1.28 bits per heavy atom. The van der Waals surface area contributed by atoms with E-state index >= 15 is 4.39 Å². The van der Waals surface area contributed by atoms with Crippen LogP contribution in [0.5, 0.6) is 5.88 Å². The summed E-state index contributed by atoms with van der Waals surface area (Å²) in [5, 5.41) is 14.0. The highest BCUT2D eigenvalue weighted by Crippen LogP contribution is 2.40. The molecular weight excluding hydrogens is 417 g/mol. The highest BCUT2D eigenvalue weighted by molar-refractivity contribution is 6.00. The molecule has 4 heterocycles. The van der Waals surface area contributed by atoms with Crippen LogP contribution in [-0.4, -0.2) is 53.1 Å². The molecule has 9 nitrogen and oxygen atoms in total. The number of carboxylic acid groups (broad SMARTS) is 1. The number of anilines is 3. The van der Waals surface area contributed by atoms with Crippen LogP contribution >= 0.6 is 0 Å². The normalized spacial score (nSPS) is 16.5. The van der Waals surface area contributed by atoms with E-state index in [1.165, 1.54) is 11.1 Å². The number of nitrogens with two attached hydrogens (primary N) is 1. The Bertz CT molecular complexity index is 1260. The first-order chi connectivity index (χ1) is 15.3. The molecule has 0 atom stereocenters. The largest absolute Gasteiger partial charge is 0.474 e. The molecule has 0 bridgehead atoms. The zero-order chi connectivity index (χ0) is 22.6. The number of fused-ring (bicyclic) bond motifs is 2. The number of ether oxygens (including phenoxy) is 2. The van der Waals surface area contributed by atoms with E-state index in [0.29, 0.717) is 35.4 Å². The molecular formula is C22H22FN5O4. The second-order valence-electron chi connectivity index (χ2n) is 8.28. The summed E-state index contributed by atoms with van der Waals surface area (Å²) in [6.07, 6.45) is 1.82. The Labute approximate surface area is 183 Å². The van der Waals surface area contributed by atoms with Crippen LogP contribution in [0.3, 0.4) is 0 Å². The fraction of sp³-hybridized carbons (Fsp3) is 0.318. The maximum atomic E-state index is 15.3. The Hall–Kier alpha value is -3.66. The number of halogens is 1. The number of nitrogens with one attached hydrogen (secondary N) is 1. The van der Waals surface area contributed by atoms with E-state index in [1.807, 2.05) is 6.92 Å². The number of nitrogen functional groups attached to an aromatic ring is 1. The van der Waals surface area contributed by atoms with Gasteiger partial charge in [0.1, 0.15) is 18.1 Å². The Morgan fingerprint density at radius 2 is 2.06 bits per heavy atom. The number of nitrogens with zero attached hydrogens (tertiary/aromatic N) is 3. The van der Waals surface area contributed by atoms with E-state index in [0.717, 1.165) is 11.3 Å². The van der Waals surface area contributed by atoms with Crippen molar-refractivity contribution in [2.24, 2.45) is 0 Å². The van der Waals surface area contributed by atoms with E-state index in [1.54, 1.807) is 25.3 Å². The third-order valence-corrected chi connectivity index (χ3v) is 6.01. The number of hydrogen-bond donors (Lipinski definition) is 3. The van der Waals surface area contributed by atoms with Crippen LogP contribution in [0.25, 0.3) is 21.9 Å². The molecule has 4 N–H and O–H groups in total. The molecule has 0 aliphatic carbocycles. The van der Waals surface area contributed by atoms with Gasteiger partial charge in [-0.3, -0.25) is 4.90 Å². The van der Waals surface area contributed by atoms with Gasteiger partial charge in [0, 0.05) is 35.5 Å². The summed E-state index contributed by atoms with van der Waals surface area (Å²) in [6.45, 7) is 5.33. The van der Waals surface area contributed by atoms with Crippen molar-refractivity contribution in [3.8, 4) is 17.0 Å². The second-order valence-corrected chi connectivity index (χ2v) is 8.28. The first-order valence-corrected chi connectivity index (χ1v) is 10.2. The Kier molecular flexibility index (Phi) is 4.55. The lowest BCUT2D eigenvalue weighted by Crippen LogP contribution is -2.62. The molecule has 1 saturated heterocycles. The highest BCUT2D eigenvalue weighted by Gasteiger charge is 2.44. The average molecular weight is 439 g/mol. The van der Waals surface area contributed by atoms with Gasteiger partial charge < -0.3 is 25.6 Å². The number of amides is 1. The number of rotatable bonds is 3. The fourth-order valence-corrected chi connectivity index (χ4v) is 4.23. The molecule has 3 aromatic rings. The lowest BCUT2D eigenvalue weighted by Gasteiger charge is -2.44. The predicted octanol–water partition coefficient (Wildman–Crippen LogP) is 3.40. The molecule has 32 heavy (non-hydrogen) atoms. The van der Waals surface area contributed by atoms with Crippen LogP contribution in [0.15, 0.2) is 24.5 Å². The van der Waals surface area contributed by atoms with Crippen molar-refractivity contribution >= 4 is 34.1 Å². The predicted molar refractivity (Wildman–Crippen MR) is 118 cm³/mol. The van der Waals surface area contributed by atoms with Crippen molar-refractivity contribution in [2.75, 3.05) is 42.3 Å². The number of benzene rings is 1. The Morgan fingerprint density at radius 3 is 2.75 bits per heavy atom. The summed E-state index contributed by atoms with van der Waals surface area (Å²) in [4.78, 5) is 21.8. The van der Waals surface area contributed by atoms with E-state index in [2.05, 4.69) is 15.3 Å². The molecule has 1 amide bonds. The van der Waals surface area contributed by atoms with Crippen LogP contribution in [0.4, 0.5) is 26.4 Å². The third kappa shape index (κ3) is 2.98. The first-order valence-electron chi connectivity index (χ1n) is 10.2. The SMILES string of the molecule is Cc1c(-c2cc3cc(N(C(=O)O)C4(C)COC4)ncc3c(N)c2F)cnc2c1NCCO2. The van der Waals surface area contributed by atoms with Crippen LogP contribution < -0.4 is 20.7 Å². The van der Waals surface area contributed by atoms with Gasteiger partial charge in [-0.15, -0.1) is 0 Å². The van der Waals surface area contributed by atoms with Gasteiger partial charge in [-0.2, -0.15) is 0 Å². The zero-order valence-electron chi connectivity index (χ0n) is 17.6. The van der Waals surface area contributed by atoms with E-state index in [4.69, 9.17) is 15.2 Å². The van der Waals surface area contributed by atoms with Gasteiger partial charge in [0.05, 0.1) is 24.4 Å². The molecule has 10 heteroatoms. The second kappa shape index (κ2) is 7.20. The quantitative estimate of drug-likeness (QED) is 0.531. The van der Waals surface area contributed by atoms with Crippen molar-refractivity contribution in [3.63, 3.8) is 0 Å². The van der Waals surface area contributed by atoms with Gasteiger partial charge in [-0.05, 0) is 36.9 Å². The maximum absolute atomic E-state index is 15.3. The molecule has 2 aliphatic rings. The molecule has 0 unspecified atom stereocenters. The molecule has 0 spiro atoms. The third-order valence-electron chi connectivity index (χ3n) is 6.01. The minimum absolute atomic E-state index is 0.0575. The molecule has 2 aliphatic heterocycles. The summed E-state index contributed by atoms with van der Waals surface area (Å²) in [5.74, 6) is 0.123. The van der Waals surface area contributed by atoms with Gasteiger partial charge in [-0.1, -0.05) is 0 Å². The smallest absolute Gasteiger partial charge is 0.413 e. The Balaban J connectivity index is 1.67. The van der Waals surface area contributed by atoms with Gasteiger partial charge in [0.2, 0.25) is 5.88 Å². The van der Waals surface area contributed by atoms with Crippen LogP contribution in [0.2, 0.25) is 0 Å². The summed E-state index contributed by atoms with van der Waals surface area (Å²) in [5.41, 5.74) is 7.70. The molecule has 166 valence electrons. The summed E-state index contributed by atoms with van der Waals surface area (Å²) in [7, 11) is 0. The lowest BCUT2D eigenvalue weighted by molar-refractivity contribution is -0.0459. The van der Waals surface area contributed by atoms with Gasteiger partial charge >= 0.3 is 6.09 Å². The molecule has 0 radical (unpaired) electrons. The molecule has 0 saturated carbocycles. The minimum atomic E-state index is -1.14. The van der Waals surface area contributed by atoms with Crippen molar-refractivity contribution in [1.29, 1.82) is 0 Å². The van der Waals surface area contributed by atoms with E-state index < -0.39 is 17.4 Å². The van der Waals surface area contributed by atoms with Crippen LogP contribution in [0, 0.1) is 12.7 Å². The topological polar surface area (TPSA) is 123 Å². The van der Waals surface area contributed by atoms with E-state index in [9.17, 15) is 9.90 Å². The number of hydrogen-bond acceptors (Lipinski definition) is 7. The van der Waals surface area contributed by atoms with Crippen molar-refractivity contribution in [2.45, 2.75) is 19.4 Å². The number of aromatic nitrogens is 2. The van der Waals surface area contributed by atoms with Gasteiger partial charge in [-0.25, -0.2) is 19.2 Å². The van der Waals surface area contributed by atoms with Gasteiger partial charge in [0.25, 0.3) is 0 Å². The first kappa shape index (κ1) is 20.3. The summed E-state index contributed by atoms with van der Waals surface area (Å²) in [6, 6.07) is 3.25. The van der Waals surface area contributed by atoms with E-state index in [-0.39, 0.29) is 30.3 Å². The van der Waals surface area contributed by atoms with Crippen LogP contribution in [-0.2, 0) is 4.74 Å². The number of carbonyl (C=O) groups is 1. The maximum Gasteiger partial charge on any atom is 0.413 e. The molecule has 5 rings (SSSR count). The van der Waals surface area contributed by atoms with Crippen molar-refractivity contribution < 1.29 is 23.8 Å². The summed E-state index contributed by atoms with van der Waals surface area (Å²) >= 11 is 0. The molecule has 2 aromatic heterocycles. The fourth-order valence-electron chi connectivity index (χ4n) is 4.23.